The summed E-state index contributed by atoms with van der Waals surface area (Å²) in [5, 5.41) is 23.1. The molecule has 11 heteroatoms. The van der Waals surface area contributed by atoms with Crippen LogP contribution in [0.15, 0.2) is 40.8 Å². The number of benzene rings is 2. The normalized spacial score (nSPS) is 18.5. The summed E-state index contributed by atoms with van der Waals surface area (Å²) in [5.41, 5.74) is 0.948. The average molecular weight is 429 g/mol. The molecule has 0 bridgehead atoms. The van der Waals surface area contributed by atoms with Crippen molar-refractivity contribution in [3.63, 3.8) is 0 Å². The summed E-state index contributed by atoms with van der Waals surface area (Å²) in [6, 6.07) is 6.60. The lowest BCUT2D eigenvalue weighted by atomic mass is 10.0. The maximum atomic E-state index is 14.4. The highest BCUT2D eigenvalue weighted by Crippen LogP contribution is 2.39. The molecule has 1 fully saturated rings. The van der Waals surface area contributed by atoms with Crippen LogP contribution < -0.4 is 10.6 Å². The van der Waals surface area contributed by atoms with Crippen LogP contribution in [0.3, 0.4) is 0 Å². The molecule has 0 unspecified atom stereocenters. The Morgan fingerprint density at radius 2 is 1.87 bits per heavy atom. The molecular formula is C20H14F3N5O3. The number of rotatable bonds is 4. The fraction of sp³-hybridized carbons (Fsp3) is 0.150. The van der Waals surface area contributed by atoms with E-state index in [1.54, 1.807) is 0 Å². The van der Waals surface area contributed by atoms with E-state index in [0.717, 1.165) is 6.07 Å². The number of carbonyl (C=O) groups excluding carboxylic acids is 1. The molecule has 1 aliphatic rings. The van der Waals surface area contributed by atoms with Crippen LogP contribution >= 0.6 is 0 Å². The van der Waals surface area contributed by atoms with Gasteiger partial charge in [0.15, 0.2) is 11.6 Å². The van der Waals surface area contributed by atoms with Gasteiger partial charge in [-0.05, 0) is 42.0 Å². The Hall–Kier alpha value is -3.86. The van der Waals surface area contributed by atoms with Crippen molar-refractivity contribution >= 4 is 22.8 Å². The van der Waals surface area contributed by atoms with Gasteiger partial charge in [0.05, 0.1) is 16.8 Å². The van der Waals surface area contributed by atoms with Gasteiger partial charge in [0.25, 0.3) is 5.89 Å². The number of hydrogen-bond acceptors (Lipinski definition) is 6. The summed E-state index contributed by atoms with van der Waals surface area (Å²) in [5.74, 6) is -3.07. The SMILES string of the molecule is O=C1NC[C@@H](O)[C@@H]1Nc1nnc(-c2c(-c3ccc(F)cc3)[nH]c3c(F)c(F)ccc23)o1. The number of nitrogens with one attached hydrogen (secondary N) is 3. The second kappa shape index (κ2) is 7.13. The lowest BCUT2D eigenvalue weighted by molar-refractivity contribution is -0.120. The van der Waals surface area contributed by atoms with Crippen LogP contribution in [-0.2, 0) is 4.79 Å². The molecule has 158 valence electrons. The van der Waals surface area contributed by atoms with Gasteiger partial charge in [0, 0.05) is 11.9 Å². The monoisotopic (exact) mass is 429 g/mol. The highest BCUT2D eigenvalue weighted by atomic mass is 19.2. The van der Waals surface area contributed by atoms with Gasteiger partial charge in [-0.1, -0.05) is 5.10 Å². The fourth-order valence-electron chi connectivity index (χ4n) is 3.54. The van der Waals surface area contributed by atoms with Crippen molar-refractivity contribution in [2.45, 2.75) is 12.1 Å². The number of aliphatic hydroxyl groups is 1. The minimum atomic E-state index is -1.09. The van der Waals surface area contributed by atoms with Crippen LogP contribution in [0.5, 0.6) is 0 Å². The number of aliphatic hydroxyl groups excluding tert-OH is 1. The molecule has 2 aromatic heterocycles. The van der Waals surface area contributed by atoms with Crippen LogP contribution in [0.25, 0.3) is 33.6 Å². The number of β-amino-alcohol motifs (C(OH)–C–C–N with tert-alkyl or cyclic N) is 1. The largest absolute Gasteiger partial charge is 0.403 e. The van der Waals surface area contributed by atoms with Crippen molar-refractivity contribution in [2.24, 2.45) is 0 Å². The quantitative estimate of drug-likeness (QED) is 0.396. The Morgan fingerprint density at radius 1 is 1.10 bits per heavy atom. The first-order valence-corrected chi connectivity index (χ1v) is 9.24. The Balaban J connectivity index is 1.63. The predicted octanol–water partition coefficient (Wildman–Crippen LogP) is 2.57. The van der Waals surface area contributed by atoms with Gasteiger partial charge in [-0.3, -0.25) is 4.79 Å². The molecule has 0 aliphatic carbocycles. The molecule has 0 spiro atoms. The zero-order valence-corrected chi connectivity index (χ0v) is 15.6. The standard InChI is InChI=1S/C20H14F3N5O3/c21-9-3-1-8(2-4-9)15-13(10-5-6-11(22)14(23)16(10)25-15)19-27-28-20(31-19)26-17-12(29)7-24-18(17)30/h1-6,12,17,25,29H,7H2,(H,24,30)(H,26,28)/t12-,17+/m1/s1. The molecule has 2 aromatic carbocycles. The zero-order valence-electron chi connectivity index (χ0n) is 15.6. The average Bonchev–Trinajstić information content (AvgIpc) is 3.45. The third-order valence-corrected chi connectivity index (χ3v) is 5.07. The van der Waals surface area contributed by atoms with E-state index in [9.17, 15) is 23.1 Å². The Kier molecular flexibility index (Phi) is 4.40. The number of hydrogen-bond donors (Lipinski definition) is 4. The molecule has 8 nitrogen and oxygen atoms in total. The van der Waals surface area contributed by atoms with Crippen molar-refractivity contribution in [2.75, 3.05) is 11.9 Å². The molecule has 2 atom stereocenters. The predicted molar refractivity (Wildman–Crippen MR) is 103 cm³/mol. The van der Waals surface area contributed by atoms with Gasteiger partial charge < -0.3 is 25.1 Å². The van der Waals surface area contributed by atoms with E-state index in [-0.39, 0.29) is 34.9 Å². The maximum Gasteiger partial charge on any atom is 0.316 e. The van der Waals surface area contributed by atoms with E-state index in [0.29, 0.717) is 11.3 Å². The third kappa shape index (κ3) is 3.19. The van der Waals surface area contributed by atoms with Crippen molar-refractivity contribution in [1.82, 2.24) is 20.5 Å². The zero-order chi connectivity index (χ0) is 21.7. The minimum absolute atomic E-state index is 0.0491. The molecule has 0 saturated carbocycles. The Bertz CT molecular complexity index is 1300. The van der Waals surface area contributed by atoms with Gasteiger partial charge in [0.2, 0.25) is 5.91 Å². The van der Waals surface area contributed by atoms with Crippen molar-refractivity contribution in [3.05, 3.63) is 53.8 Å². The van der Waals surface area contributed by atoms with Gasteiger partial charge >= 0.3 is 6.01 Å². The summed E-state index contributed by atoms with van der Waals surface area (Å²) in [6.07, 6.45) is -0.984. The number of anilines is 1. The van der Waals surface area contributed by atoms with Gasteiger partial charge in [-0.15, -0.1) is 5.10 Å². The summed E-state index contributed by atoms with van der Waals surface area (Å²) in [4.78, 5) is 14.6. The molecule has 1 aliphatic heterocycles. The number of amides is 1. The highest BCUT2D eigenvalue weighted by molar-refractivity contribution is 6.02. The number of aromatic amines is 1. The number of nitrogens with zero attached hydrogens (tertiary/aromatic N) is 2. The molecule has 5 rings (SSSR count). The second-order valence-corrected chi connectivity index (χ2v) is 7.01. The van der Waals surface area contributed by atoms with E-state index in [4.69, 9.17) is 4.42 Å². The van der Waals surface area contributed by atoms with Crippen molar-refractivity contribution < 1.29 is 27.5 Å². The summed E-state index contributed by atoms with van der Waals surface area (Å²) in [7, 11) is 0. The molecular weight excluding hydrogens is 415 g/mol. The first kappa shape index (κ1) is 19.1. The van der Waals surface area contributed by atoms with Gasteiger partial charge in [-0.2, -0.15) is 0 Å². The van der Waals surface area contributed by atoms with Crippen LogP contribution in [0.4, 0.5) is 19.2 Å². The highest BCUT2D eigenvalue weighted by Gasteiger charge is 2.34. The lowest BCUT2D eigenvalue weighted by Crippen LogP contribution is -2.36. The van der Waals surface area contributed by atoms with Crippen molar-refractivity contribution in [3.8, 4) is 22.7 Å². The smallest absolute Gasteiger partial charge is 0.316 e. The van der Waals surface area contributed by atoms with Crippen LogP contribution in [-0.4, -0.2) is 44.9 Å². The molecule has 0 radical (unpaired) electrons. The van der Waals surface area contributed by atoms with E-state index < -0.39 is 35.5 Å². The Labute approximate surface area is 172 Å². The van der Waals surface area contributed by atoms with Crippen LogP contribution in [0, 0.1) is 17.5 Å². The van der Waals surface area contributed by atoms with Gasteiger partial charge in [-0.25, -0.2) is 13.2 Å². The van der Waals surface area contributed by atoms with Crippen molar-refractivity contribution in [1.29, 1.82) is 0 Å². The number of halogens is 3. The number of fused-ring (bicyclic) bond motifs is 1. The minimum Gasteiger partial charge on any atom is -0.403 e. The first-order valence-electron chi connectivity index (χ1n) is 9.24. The lowest BCUT2D eigenvalue weighted by Gasteiger charge is -2.10. The summed E-state index contributed by atoms with van der Waals surface area (Å²) < 4.78 is 47.2. The number of H-pyrrole nitrogens is 1. The third-order valence-electron chi connectivity index (χ3n) is 5.07. The number of carbonyl (C=O) groups is 1. The Morgan fingerprint density at radius 3 is 2.58 bits per heavy atom. The van der Waals surface area contributed by atoms with E-state index in [1.165, 1.54) is 30.3 Å². The maximum absolute atomic E-state index is 14.4. The fourth-order valence-corrected chi connectivity index (χ4v) is 3.54. The topological polar surface area (TPSA) is 116 Å². The van der Waals surface area contributed by atoms with Gasteiger partial charge in [0.1, 0.15) is 18.0 Å². The summed E-state index contributed by atoms with van der Waals surface area (Å²) >= 11 is 0. The second-order valence-electron chi connectivity index (χ2n) is 7.01. The van der Waals surface area contributed by atoms with E-state index >= 15 is 0 Å². The van der Waals surface area contributed by atoms with Crippen LogP contribution in [0.1, 0.15) is 0 Å². The van der Waals surface area contributed by atoms with Crippen LogP contribution in [0.2, 0.25) is 0 Å². The molecule has 1 saturated heterocycles. The molecule has 1 amide bonds. The van der Waals surface area contributed by atoms with E-state index in [1.807, 2.05) is 0 Å². The molecule has 4 N–H and O–H groups in total. The van der Waals surface area contributed by atoms with E-state index in [2.05, 4.69) is 25.8 Å². The summed E-state index contributed by atoms with van der Waals surface area (Å²) in [6.45, 7) is 0.0828. The molecule has 4 aromatic rings. The molecule has 31 heavy (non-hydrogen) atoms. The molecule has 3 heterocycles. The number of aromatic nitrogens is 3. The first-order chi connectivity index (χ1) is 14.9.